The average molecular weight is 453 g/mol. The van der Waals surface area contributed by atoms with E-state index in [0.29, 0.717) is 24.1 Å². The van der Waals surface area contributed by atoms with Crippen LogP contribution >= 0.6 is 0 Å². The number of carboxylic acids is 1. The molecule has 1 aliphatic heterocycles. The van der Waals surface area contributed by atoms with Crippen LogP contribution in [0, 0.1) is 16.0 Å². The lowest BCUT2D eigenvalue weighted by Crippen LogP contribution is -2.47. The van der Waals surface area contributed by atoms with Gasteiger partial charge in [-0.25, -0.2) is 9.79 Å². The molecular weight excluding hydrogens is 430 g/mol. The minimum absolute atomic E-state index is 0.109. The molecule has 11 nitrogen and oxygen atoms in total. The van der Waals surface area contributed by atoms with Crippen LogP contribution in [0.25, 0.3) is 0 Å². The highest BCUT2D eigenvalue weighted by atomic mass is 16.6. The summed E-state index contributed by atoms with van der Waals surface area (Å²) in [6.07, 6.45) is 3.37. The summed E-state index contributed by atoms with van der Waals surface area (Å²) in [5, 5.41) is 21.1. The Morgan fingerprint density at radius 3 is 2.67 bits per heavy atom. The van der Waals surface area contributed by atoms with Crippen molar-refractivity contribution >= 4 is 29.3 Å². The molecule has 0 fully saturated rings. The number of hydrogen-bond acceptors (Lipinski definition) is 6. The normalized spacial score (nSPS) is 17.9. The fraction of sp³-hybridized carbons (Fsp3) is 0.318. The number of aliphatic carboxylic acids is 1. The number of amides is 3. The SMILES string of the molecule is CC1=NC(=O)N(CCCN(C)C(=O)c2cccnc2)C(c2cccc([N+](=O)[O-])c2)C1C(=O)O. The molecule has 0 saturated carbocycles. The molecule has 0 bridgehead atoms. The number of carboxylic acid groups (broad SMARTS) is 1. The van der Waals surface area contributed by atoms with Crippen LogP contribution in [0.4, 0.5) is 10.5 Å². The van der Waals surface area contributed by atoms with Crippen LogP contribution < -0.4 is 0 Å². The Morgan fingerprint density at radius 1 is 1.27 bits per heavy atom. The average Bonchev–Trinajstić information content (AvgIpc) is 2.79. The summed E-state index contributed by atoms with van der Waals surface area (Å²) in [5.41, 5.74) is 0.684. The maximum Gasteiger partial charge on any atom is 0.344 e. The Morgan fingerprint density at radius 2 is 2.03 bits per heavy atom. The second kappa shape index (κ2) is 9.98. The van der Waals surface area contributed by atoms with E-state index in [9.17, 15) is 29.6 Å². The first kappa shape index (κ1) is 23.5. The van der Waals surface area contributed by atoms with Gasteiger partial charge < -0.3 is 14.9 Å². The van der Waals surface area contributed by atoms with Crippen molar-refractivity contribution in [3.05, 3.63) is 70.0 Å². The Kier molecular flexibility index (Phi) is 7.11. The van der Waals surface area contributed by atoms with E-state index in [2.05, 4.69) is 9.98 Å². The first-order valence-corrected chi connectivity index (χ1v) is 10.2. The fourth-order valence-electron chi connectivity index (χ4n) is 3.84. The van der Waals surface area contributed by atoms with Gasteiger partial charge in [-0.3, -0.25) is 24.7 Å². The number of non-ortho nitro benzene ring substituents is 1. The molecule has 33 heavy (non-hydrogen) atoms. The number of nitro groups is 1. The minimum atomic E-state index is -1.19. The molecule has 2 unspecified atom stereocenters. The molecule has 1 aromatic carbocycles. The van der Waals surface area contributed by atoms with Crippen LogP contribution in [0.5, 0.6) is 0 Å². The molecule has 0 aliphatic carbocycles. The van der Waals surface area contributed by atoms with Crippen LogP contribution in [0.3, 0.4) is 0 Å². The van der Waals surface area contributed by atoms with Gasteiger partial charge in [0.05, 0.1) is 16.5 Å². The maximum absolute atomic E-state index is 12.7. The fourth-order valence-corrected chi connectivity index (χ4v) is 3.84. The molecule has 1 aliphatic rings. The first-order valence-electron chi connectivity index (χ1n) is 10.2. The summed E-state index contributed by atoms with van der Waals surface area (Å²) >= 11 is 0. The molecule has 3 rings (SSSR count). The van der Waals surface area contributed by atoms with E-state index >= 15 is 0 Å². The van der Waals surface area contributed by atoms with E-state index in [-0.39, 0.29) is 23.9 Å². The Bertz CT molecular complexity index is 1100. The highest BCUT2D eigenvalue weighted by molar-refractivity contribution is 6.07. The van der Waals surface area contributed by atoms with Crippen LogP contribution in [-0.4, -0.2) is 68.6 Å². The molecule has 11 heteroatoms. The zero-order valence-electron chi connectivity index (χ0n) is 18.1. The summed E-state index contributed by atoms with van der Waals surface area (Å²) in [4.78, 5) is 58.5. The number of aliphatic imine (C=N–C) groups is 1. The Labute approximate surface area is 189 Å². The third-order valence-corrected chi connectivity index (χ3v) is 5.46. The number of carbonyl (C=O) groups is 3. The largest absolute Gasteiger partial charge is 0.481 e. The second-order valence-electron chi connectivity index (χ2n) is 7.66. The molecule has 2 heterocycles. The second-order valence-corrected chi connectivity index (χ2v) is 7.66. The number of hydrogen-bond donors (Lipinski definition) is 1. The number of carbonyl (C=O) groups excluding carboxylic acids is 2. The van der Waals surface area contributed by atoms with E-state index < -0.39 is 28.9 Å². The summed E-state index contributed by atoms with van der Waals surface area (Å²) in [6, 6.07) is 7.30. The van der Waals surface area contributed by atoms with Gasteiger partial charge in [0.25, 0.3) is 11.6 Å². The van der Waals surface area contributed by atoms with Crippen LogP contribution in [-0.2, 0) is 4.79 Å². The van der Waals surface area contributed by atoms with Crippen molar-refractivity contribution in [3.63, 3.8) is 0 Å². The van der Waals surface area contributed by atoms with Gasteiger partial charge in [0.2, 0.25) is 0 Å². The summed E-state index contributed by atoms with van der Waals surface area (Å²) in [6.45, 7) is 1.86. The number of pyridine rings is 1. The molecular formula is C22H23N5O6. The number of nitro benzene ring substituents is 1. The highest BCUT2D eigenvalue weighted by Gasteiger charge is 2.42. The number of aromatic nitrogens is 1. The van der Waals surface area contributed by atoms with Gasteiger partial charge in [0, 0.05) is 50.4 Å². The van der Waals surface area contributed by atoms with E-state index in [1.807, 2.05) is 0 Å². The van der Waals surface area contributed by atoms with E-state index in [1.54, 1.807) is 31.4 Å². The van der Waals surface area contributed by atoms with Crippen molar-refractivity contribution in [1.29, 1.82) is 0 Å². The highest BCUT2D eigenvalue weighted by Crippen LogP contribution is 2.35. The lowest BCUT2D eigenvalue weighted by atomic mass is 9.86. The standard InChI is InChI=1S/C22H23N5O6/c1-14-18(21(29)30)19(15-6-3-8-17(12-15)27(32)33)26(22(31)24-14)11-5-10-25(2)20(28)16-7-4-9-23-13-16/h3-4,6-9,12-13,18-19H,5,10-11H2,1-2H3,(H,29,30). The van der Waals surface area contributed by atoms with Crippen molar-refractivity contribution in [3.8, 4) is 0 Å². The van der Waals surface area contributed by atoms with E-state index in [0.717, 1.165) is 0 Å². The molecule has 1 aromatic heterocycles. The quantitative estimate of drug-likeness (QED) is 0.477. The topological polar surface area (TPSA) is 146 Å². The monoisotopic (exact) mass is 453 g/mol. The van der Waals surface area contributed by atoms with Gasteiger partial charge in [-0.1, -0.05) is 12.1 Å². The van der Waals surface area contributed by atoms with Crippen molar-refractivity contribution in [1.82, 2.24) is 14.8 Å². The molecule has 3 amide bonds. The van der Waals surface area contributed by atoms with Gasteiger partial charge in [-0.2, -0.15) is 0 Å². The lowest BCUT2D eigenvalue weighted by Gasteiger charge is -2.38. The van der Waals surface area contributed by atoms with Gasteiger partial charge in [0.1, 0.15) is 5.92 Å². The Balaban J connectivity index is 1.82. The summed E-state index contributed by atoms with van der Waals surface area (Å²) in [5.74, 6) is -2.57. The Hall–Kier alpha value is -4.15. The van der Waals surface area contributed by atoms with Gasteiger partial charge >= 0.3 is 12.0 Å². The molecule has 0 saturated heterocycles. The number of benzene rings is 1. The zero-order valence-corrected chi connectivity index (χ0v) is 18.1. The van der Waals surface area contributed by atoms with Crippen LogP contribution in [0.1, 0.15) is 35.3 Å². The third-order valence-electron chi connectivity index (χ3n) is 5.46. The third kappa shape index (κ3) is 5.20. The predicted molar refractivity (Wildman–Crippen MR) is 118 cm³/mol. The van der Waals surface area contributed by atoms with Crippen molar-refractivity contribution in [2.45, 2.75) is 19.4 Å². The van der Waals surface area contributed by atoms with Crippen molar-refractivity contribution < 1.29 is 24.4 Å². The number of rotatable bonds is 8. The van der Waals surface area contributed by atoms with E-state index in [1.165, 1.54) is 41.1 Å². The van der Waals surface area contributed by atoms with E-state index in [4.69, 9.17) is 0 Å². The smallest absolute Gasteiger partial charge is 0.344 e. The molecule has 2 aromatic rings. The van der Waals surface area contributed by atoms with Crippen molar-refractivity contribution in [2.75, 3.05) is 20.1 Å². The maximum atomic E-state index is 12.7. The number of nitrogens with zero attached hydrogens (tertiary/aromatic N) is 5. The zero-order chi connectivity index (χ0) is 24.1. The van der Waals surface area contributed by atoms with Crippen molar-refractivity contribution in [2.24, 2.45) is 10.9 Å². The van der Waals surface area contributed by atoms with Gasteiger partial charge in [0.15, 0.2) is 0 Å². The minimum Gasteiger partial charge on any atom is -0.481 e. The predicted octanol–water partition coefficient (Wildman–Crippen LogP) is 2.79. The first-order chi connectivity index (χ1) is 15.7. The molecule has 2 atom stereocenters. The van der Waals surface area contributed by atoms with Crippen LogP contribution in [0.2, 0.25) is 0 Å². The van der Waals surface area contributed by atoms with Gasteiger partial charge in [-0.15, -0.1) is 0 Å². The number of urea groups is 1. The van der Waals surface area contributed by atoms with Gasteiger partial charge in [-0.05, 0) is 31.0 Å². The summed E-state index contributed by atoms with van der Waals surface area (Å²) in [7, 11) is 1.62. The lowest BCUT2D eigenvalue weighted by molar-refractivity contribution is -0.385. The summed E-state index contributed by atoms with van der Waals surface area (Å²) < 4.78 is 0. The molecule has 1 N–H and O–H groups in total. The molecule has 0 spiro atoms. The van der Waals surface area contributed by atoms with Crippen LogP contribution in [0.15, 0.2) is 53.8 Å². The molecule has 172 valence electrons. The molecule has 0 radical (unpaired) electrons.